The third kappa shape index (κ3) is 6.03. The fourth-order valence-corrected chi connectivity index (χ4v) is 4.18. The van der Waals surface area contributed by atoms with Gasteiger partial charge in [0.15, 0.2) is 0 Å². The van der Waals surface area contributed by atoms with Crippen LogP contribution in [0.25, 0.3) is 11.0 Å². The molecule has 8 nitrogen and oxygen atoms in total. The highest BCUT2D eigenvalue weighted by Crippen LogP contribution is 2.32. The zero-order chi connectivity index (χ0) is 27.2. The lowest BCUT2D eigenvalue weighted by Gasteiger charge is -2.23. The minimum atomic E-state index is -0.763. The van der Waals surface area contributed by atoms with E-state index >= 15 is 0 Å². The standard InChI is InChI=1S/C30H31N3O5/c1-19(2)16-24(32-28(34)20-10-6-5-7-11-20)29(35)31-23-18-22(14-15-27(23)37-4)33(3)25-17-21-12-8-9-13-26(21)38-30(25)36/h5-15,17-19,24H,16H2,1-4H3,(H,31,35)(H,32,34). The normalized spacial score (nSPS) is 11.7. The molecule has 0 bridgehead atoms. The van der Waals surface area contributed by atoms with Gasteiger partial charge in [0, 0.05) is 23.7 Å². The molecule has 1 heterocycles. The van der Waals surface area contributed by atoms with Crippen LogP contribution in [0.15, 0.2) is 88.1 Å². The fourth-order valence-electron chi connectivity index (χ4n) is 4.18. The second-order valence-electron chi connectivity index (χ2n) is 9.41. The first-order valence-electron chi connectivity index (χ1n) is 12.4. The van der Waals surface area contributed by atoms with Crippen LogP contribution in [-0.2, 0) is 4.79 Å². The summed E-state index contributed by atoms with van der Waals surface area (Å²) in [5, 5.41) is 6.55. The number of nitrogens with zero attached hydrogens (tertiary/aromatic N) is 1. The Kier molecular flexibility index (Phi) is 8.11. The smallest absolute Gasteiger partial charge is 0.360 e. The van der Waals surface area contributed by atoms with Crippen LogP contribution in [0.2, 0.25) is 0 Å². The van der Waals surface area contributed by atoms with Gasteiger partial charge in [0.25, 0.3) is 5.91 Å². The SMILES string of the molecule is COc1ccc(N(C)c2cc3ccccc3oc2=O)cc1NC(=O)C(CC(C)C)NC(=O)c1ccccc1. The molecule has 1 aromatic heterocycles. The number of carbonyl (C=O) groups excluding carboxylic acids is 2. The number of para-hydroxylation sites is 1. The number of anilines is 3. The summed E-state index contributed by atoms with van der Waals surface area (Å²) in [6.07, 6.45) is 0.449. The van der Waals surface area contributed by atoms with E-state index in [-0.39, 0.29) is 17.7 Å². The van der Waals surface area contributed by atoms with Crippen LogP contribution < -0.4 is 25.9 Å². The van der Waals surface area contributed by atoms with Crippen LogP contribution in [0.3, 0.4) is 0 Å². The van der Waals surface area contributed by atoms with Crippen molar-refractivity contribution in [3.8, 4) is 5.75 Å². The van der Waals surface area contributed by atoms with E-state index in [0.29, 0.717) is 40.4 Å². The molecule has 3 aromatic carbocycles. The van der Waals surface area contributed by atoms with Gasteiger partial charge in [-0.3, -0.25) is 9.59 Å². The van der Waals surface area contributed by atoms with Crippen molar-refractivity contribution in [2.45, 2.75) is 26.3 Å². The molecule has 0 aliphatic rings. The zero-order valence-corrected chi connectivity index (χ0v) is 21.9. The van der Waals surface area contributed by atoms with Gasteiger partial charge >= 0.3 is 5.63 Å². The van der Waals surface area contributed by atoms with Gasteiger partial charge in [-0.2, -0.15) is 0 Å². The minimum Gasteiger partial charge on any atom is -0.495 e. The zero-order valence-electron chi connectivity index (χ0n) is 21.9. The van der Waals surface area contributed by atoms with E-state index in [0.717, 1.165) is 5.39 Å². The summed E-state index contributed by atoms with van der Waals surface area (Å²) in [5.41, 5.74) is 1.90. The number of hydrogen-bond donors (Lipinski definition) is 2. The maximum Gasteiger partial charge on any atom is 0.360 e. The molecule has 0 spiro atoms. The number of hydrogen-bond acceptors (Lipinski definition) is 6. The van der Waals surface area contributed by atoms with Crippen molar-refractivity contribution in [2.75, 3.05) is 24.4 Å². The molecule has 196 valence electrons. The van der Waals surface area contributed by atoms with E-state index < -0.39 is 11.7 Å². The van der Waals surface area contributed by atoms with Gasteiger partial charge in [-0.1, -0.05) is 50.2 Å². The second-order valence-corrected chi connectivity index (χ2v) is 9.41. The quantitative estimate of drug-likeness (QED) is 0.293. The van der Waals surface area contributed by atoms with E-state index in [1.165, 1.54) is 7.11 Å². The van der Waals surface area contributed by atoms with Crippen LogP contribution in [-0.4, -0.2) is 32.0 Å². The third-order valence-corrected chi connectivity index (χ3v) is 6.18. The van der Waals surface area contributed by atoms with Gasteiger partial charge in [0.05, 0.1) is 12.8 Å². The Morgan fingerprint density at radius 1 is 0.974 bits per heavy atom. The minimum absolute atomic E-state index is 0.160. The Balaban J connectivity index is 1.60. The maximum atomic E-state index is 13.4. The van der Waals surface area contributed by atoms with Gasteiger partial charge in [-0.15, -0.1) is 0 Å². The number of fused-ring (bicyclic) bond motifs is 1. The number of methoxy groups -OCH3 is 1. The average molecular weight is 514 g/mol. The molecule has 2 N–H and O–H groups in total. The van der Waals surface area contributed by atoms with Crippen molar-refractivity contribution in [1.82, 2.24) is 5.32 Å². The molecule has 0 fully saturated rings. The average Bonchev–Trinajstić information content (AvgIpc) is 2.92. The number of rotatable bonds is 9. The Bertz CT molecular complexity index is 1500. The molecular weight excluding hydrogens is 482 g/mol. The Hall–Kier alpha value is -4.59. The van der Waals surface area contributed by atoms with Gasteiger partial charge < -0.3 is 24.7 Å². The predicted octanol–water partition coefficient (Wildman–Crippen LogP) is 5.35. The number of amides is 2. The summed E-state index contributed by atoms with van der Waals surface area (Å²) < 4.78 is 11.0. The van der Waals surface area contributed by atoms with Crippen molar-refractivity contribution >= 4 is 39.8 Å². The molecule has 0 aliphatic carbocycles. The maximum absolute atomic E-state index is 13.4. The monoisotopic (exact) mass is 513 g/mol. The topological polar surface area (TPSA) is 101 Å². The number of nitrogens with one attached hydrogen (secondary N) is 2. The molecule has 4 aromatic rings. The van der Waals surface area contributed by atoms with Crippen molar-refractivity contribution < 1.29 is 18.7 Å². The molecule has 8 heteroatoms. The van der Waals surface area contributed by atoms with Crippen molar-refractivity contribution in [1.29, 1.82) is 0 Å². The molecule has 38 heavy (non-hydrogen) atoms. The summed E-state index contributed by atoms with van der Waals surface area (Å²) in [6, 6.07) is 22.3. The molecule has 2 amide bonds. The van der Waals surface area contributed by atoms with Crippen molar-refractivity contribution in [2.24, 2.45) is 5.92 Å². The molecule has 0 saturated carbocycles. The van der Waals surface area contributed by atoms with Crippen LogP contribution in [0.5, 0.6) is 5.75 Å². The van der Waals surface area contributed by atoms with Gasteiger partial charge in [-0.05, 0) is 54.8 Å². The highest BCUT2D eigenvalue weighted by atomic mass is 16.5. The van der Waals surface area contributed by atoms with E-state index in [2.05, 4.69) is 10.6 Å². The van der Waals surface area contributed by atoms with Crippen LogP contribution >= 0.6 is 0 Å². The van der Waals surface area contributed by atoms with E-state index in [1.807, 2.05) is 38.1 Å². The second kappa shape index (κ2) is 11.6. The van der Waals surface area contributed by atoms with Crippen molar-refractivity contribution in [3.05, 3.63) is 94.8 Å². The first kappa shape index (κ1) is 26.5. The Morgan fingerprint density at radius 3 is 2.39 bits per heavy atom. The van der Waals surface area contributed by atoms with Gasteiger partial charge in [-0.25, -0.2) is 4.79 Å². The molecule has 0 radical (unpaired) electrons. The highest BCUT2D eigenvalue weighted by Gasteiger charge is 2.24. The van der Waals surface area contributed by atoms with Crippen LogP contribution in [0.4, 0.5) is 17.1 Å². The van der Waals surface area contributed by atoms with E-state index in [1.54, 1.807) is 66.5 Å². The predicted molar refractivity (Wildman–Crippen MR) is 149 cm³/mol. The summed E-state index contributed by atoms with van der Waals surface area (Å²) >= 11 is 0. The van der Waals surface area contributed by atoms with Gasteiger partial charge in [0.1, 0.15) is 23.1 Å². The number of ether oxygens (including phenoxy) is 1. The lowest BCUT2D eigenvalue weighted by atomic mass is 10.0. The number of carbonyl (C=O) groups is 2. The summed E-state index contributed by atoms with van der Waals surface area (Å²) in [7, 11) is 3.26. The van der Waals surface area contributed by atoms with E-state index in [4.69, 9.17) is 9.15 Å². The fraction of sp³-hybridized carbons (Fsp3) is 0.233. The van der Waals surface area contributed by atoms with Crippen LogP contribution in [0, 0.1) is 5.92 Å². The largest absolute Gasteiger partial charge is 0.495 e. The molecule has 1 unspecified atom stereocenters. The number of benzene rings is 3. The molecular formula is C30H31N3O5. The Morgan fingerprint density at radius 2 is 1.68 bits per heavy atom. The summed E-state index contributed by atoms with van der Waals surface area (Å²) in [4.78, 5) is 40.5. The Labute approximate surface area is 221 Å². The van der Waals surface area contributed by atoms with Gasteiger partial charge in [0.2, 0.25) is 5.91 Å². The van der Waals surface area contributed by atoms with E-state index in [9.17, 15) is 14.4 Å². The van der Waals surface area contributed by atoms with Crippen LogP contribution in [0.1, 0.15) is 30.6 Å². The first-order chi connectivity index (χ1) is 18.3. The lowest BCUT2D eigenvalue weighted by molar-refractivity contribution is -0.118. The molecule has 1 atom stereocenters. The summed E-state index contributed by atoms with van der Waals surface area (Å²) in [6.45, 7) is 3.97. The molecule has 0 saturated heterocycles. The summed E-state index contributed by atoms with van der Waals surface area (Å²) in [5.74, 6) is -0.0896. The highest BCUT2D eigenvalue weighted by molar-refractivity contribution is 6.02. The first-order valence-corrected chi connectivity index (χ1v) is 12.4. The van der Waals surface area contributed by atoms with Crippen molar-refractivity contribution in [3.63, 3.8) is 0 Å². The third-order valence-electron chi connectivity index (χ3n) is 6.18. The molecule has 4 rings (SSSR count). The lowest BCUT2D eigenvalue weighted by Crippen LogP contribution is -2.44. The molecule has 0 aliphatic heterocycles.